The van der Waals surface area contributed by atoms with Crippen molar-refractivity contribution >= 4 is 17.4 Å². The van der Waals surface area contributed by atoms with Crippen LogP contribution in [-0.2, 0) is 4.79 Å². The molecule has 0 aliphatic heterocycles. The number of aliphatic hydroxyl groups excluding tert-OH is 1. The van der Waals surface area contributed by atoms with Gasteiger partial charge in [0, 0.05) is 12.0 Å². The molecule has 4 aliphatic rings. The first-order valence-electron chi connectivity index (χ1n) is 9.23. The molecule has 0 aromatic heterocycles. The van der Waals surface area contributed by atoms with Gasteiger partial charge in [-0.05, 0) is 79.6 Å². The van der Waals surface area contributed by atoms with Crippen LogP contribution in [0.4, 0.5) is 0 Å². The lowest BCUT2D eigenvalue weighted by Gasteiger charge is -2.55. The van der Waals surface area contributed by atoms with Gasteiger partial charge < -0.3 is 5.11 Å². The van der Waals surface area contributed by atoms with E-state index >= 15 is 0 Å². The number of hydrogen-bond donors (Lipinski definition) is 1. The number of carbonyl (C=O) groups is 1. The van der Waals surface area contributed by atoms with E-state index in [2.05, 4.69) is 13.0 Å². The van der Waals surface area contributed by atoms with Crippen molar-refractivity contribution in [1.29, 1.82) is 0 Å². The highest BCUT2D eigenvalue weighted by molar-refractivity contribution is 6.25. The van der Waals surface area contributed by atoms with Gasteiger partial charge in [0.1, 0.15) is 0 Å². The fourth-order valence-corrected chi connectivity index (χ4v) is 6.74. The van der Waals surface area contributed by atoms with Crippen molar-refractivity contribution in [3.63, 3.8) is 0 Å². The zero-order valence-electron chi connectivity index (χ0n) is 13.9. The molecule has 0 bridgehead atoms. The van der Waals surface area contributed by atoms with Crippen molar-refractivity contribution < 1.29 is 9.90 Å². The van der Waals surface area contributed by atoms with Crippen LogP contribution in [0.1, 0.15) is 51.9 Å². The van der Waals surface area contributed by atoms with Crippen molar-refractivity contribution in [1.82, 2.24) is 0 Å². The Labute approximate surface area is 144 Å². The largest absolute Gasteiger partial charge is 0.393 e. The second-order valence-electron chi connectivity index (χ2n) is 8.50. The Morgan fingerprint density at radius 3 is 2.91 bits per heavy atom. The van der Waals surface area contributed by atoms with E-state index in [4.69, 9.17) is 11.6 Å². The van der Waals surface area contributed by atoms with E-state index in [-0.39, 0.29) is 11.5 Å². The minimum Gasteiger partial charge on any atom is -0.393 e. The monoisotopic (exact) mass is 334 g/mol. The van der Waals surface area contributed by atoms with Crippen LogP contribution in [0.25, 0.3) is 0 Å². The van der Waals surface area contributed by atoms with Gasteiger partial charge >= 0.3 is 0 Å². The topological polar surface area (TPSA) is 37.3 Å². The summed E-state index contributed by atoms with van der Waals surface area (Å²) in [6.45, 7) is 2.31. The molecule has 0 saturated heterocycles. The number of halogens is 1. The molecule has 1 N–H and O–H groups in total. The summed E-state index contributed by atoms with van der Waals surface area (Å²) in [5.41, 5.74) is 3.14. The molecule has 3 saturated carbocycles. The quantitative estimate of drug-likeness (QED) is 0.768. The van der Waals surface area contributed by atoms with Crippen molar-refractivity contribution in [3.8, 4) is 0 Å². The average molecular weight is 335 g/mol. The SMILES string of the molecule is C[C@]12CC[C@H]3[C@@H]([C@H](/C=C/Cl)CC4=CC(=O)CC[C@@H]43)[C@@H]1CC[C@@H]2O. The molecule has 3 heteroatoms. The van der Waals surface area contributed by atoms with E-state index < -0.39 is 0 Å². The number of allylic oxidation sites excluding steroid dienone is 2. The molecule has 0 aromatic rings. The van der Waals surface area contributed by atoms with E-state index in [1.807, 2.05) is 6.08 Å². The molecule has 4 rings (SSSR count). The van der Waals surface area contributed by atoms with Crippen molar-refractivity contribution in [3.05, 3.63) is 23.3 Å². The molecule has 7 atom stereocenters. The van der Waals surface area contributed by atoms with Crippen LogP contribution in [-0.4, -0.2) is 17.0 Å². The predicted molar refractivity (Wildman–Crippen MR) is 92.0 cm³/mol. The average Bonchev–Trinajstić information content (AvgIpc) is 2.83. The van der Waals surface area contributed by atoms with Gasteiger partial charge in [0.05, 0.1) is 6.10 Å². The van der Waals surface area contributed by atoms with Crippen LogP contribution in [0.2, 0.25) is 0 Å². The predicted octanol–water partition coefficient (Wildman–Crippen LogP) is 4.47. The number of aliphatic hydroxyl groups is 1. The second-order valence-corrected chi connectivity index (χ2v) is 8.75. The summed E-state index contributed by atoms with van der Waals surface area (Å²) in [6, 6.07) is 0. The third-order valence-corrected chi connectivity index (χ3v) is 7.81. The molecule has 0 radical (unpaired) electrons. The molecule has 4 aliphatic carbocycles. The molecular weight excluding hydrogens is 308 g/mol. The van der Waals surface area contributed by atoms with Crippen LogP contribution in [0.3, 0.4) is 0 Å². The molecule has 0 unspecified atom stereocenters. The van der Waals surface area contributed by atoms with Gasteiger partial charge in [-0.15, -0.1) is 0 Å². The summed E-state index contributed by atoms with van der Waals surface area (Å²) in [5, 5.41) is 10.6. The normalized spacial score (nSPS) is 49.5. The second kappa shape index (κ2) is 5.74. The molecular formula is C20H27ClO2. The Balaban J connectivity index is 1.72. The van der Waals surface area contributed by atoms with E-state index in [1.165, 1.54) is 12.0 Å². The summed E-state index contributed by atoms with van der Waals surface area (Å²) in [5.74, 6) is 3.23. The standard InChI is InChI=1S/C20H27ClO2/c1-20-8-6-16-15-3-2-14(22)11-13(15)10-12(7-9-21)19(16)17(20)4-5-18(20)23/h7,9,11-12,15-19,23H,2-6,8,10H2,1H3/b9-7+/t12-,15+,16-,17+,18+,19-,20+/m1/s1. The highest BCUT2D eigenvalue weighted by atomic mass is 35.5. The van der Waals surface area contributed by atoms with Gasteiger partial charge in [-0.25, -0.2) is 0 Å². The molecule has 3 fully saturated rings. The van der Waals surface area contributed by atoms with Crippen molar-refractivity contribution in [2.75, 3.05) is 0 Å². The minimum atomic E-state index is -0.140. The highest BCUT2D eigenvalue weighted by Gasteiger charge is 2.57. The summed E-state index contributed by atoms with van der Waals surface area (Å²) >= 11 is 5.96. The van der Waals surface area contributed by atoms with Gasteiger partial charge in [-0.3, -0.25) is 4.79 Å². The van der Waals surface area contributed by atoms with E-state index in [0.717, 1.165) is 38.5 Å². The summed E-state index contributed by atoms with van der Waals surface area (Å²) in [6.07, 6.45) is 11.1. The Kier molecular flexibility index (Phi) is 3.97. The lowest BCUT2D eigenvalue weighted by atomic mass is 9.49. The fraction of sp³-hybridized carbons (Fsp3) is 0.750. The first kappa shape index (κ1) is 15.9. The zero-order valence-corrected chi connectivity index (χ0v) is 14.6. The zero-order chi connectivity index (χ0) is 16.2. The van der Waals surface area contributed by atoms with Crippen LogP contribution < -0.4 is 0 Å². The van der Waals surface area contributed by atoms with E-state index in [1.54, 1.807) is 5.54 Å². The molecule has 23 heavy (non-hydrogen) atoms. The number of ketones is 1. The number of hydrogen-bond acceptors (Lipinski definition) is 2. The van der Waals surface area contributed by atoms with Crippen LogP contribution in [0.15, 0.2) is 23.3 Å². The van der Waals surface area contributed by atoms with Gasteiger partial charge in [0.2, 0.25) is 0 Å². The van der Waals surface area contributed by atoms with Gasteiger partial charge in [0.25, 0.3) is 0 Å². The summed E-state index contributed by atoms with van der Waals surface area (Å²) < 4.78 is 0. The maximum atomic E-state index is 11.9. The Morgan fingerprint density at radius 1 is 1.30 bits per heavy atom. The van der Waals surface area contributed by atoms with Gasteiger partial charge in [-0.2, -0.15) is 0 Å². The fourth-order valence-electron chi connectivity index (χ4n) is 6.55. The smallest absolute Gasteiger partial charge is 0.155 e. The maximum absolute atomic E-state index is 11.9. The number of fused-ring (bicyclic) bond motifs is 5. The highest BCUT2D eigenvalue weighted by Crippen LogP contribution is 2.63. The third kappa shape index (κ3) is 2.36. The van der Waals surface area contributed by atoms with Crippen LogP contribution in [0.5, 0.6) is 0 Å². The minimum absolute atomic E-state index is 0.0886. The molecule has 0 spiro atoms. The summed E-state index contributed by atoms with van der Waals surface area (Å²) in [7, 11) is 0. The molecule has 0 heterocycles. The van der Waals surface area contributed by atoms with Gasteiger partial charge in [-0.1, -0.05) is 30.2 Å². The third-order valence-electron chi connectivity index (χ3n) is 7.66. The molecule has 0 aromatic carbocycles. The Morgan fingerprint density at radius 2 is 2.13 bits per heavy atom. The van der Waals surface area contributed by atoms with Crippen molar-refractivity contribution in [2.24, 2.45) is 35.0 Å². The van der Waals surface area contributed by atoms with E-state index in [9.17, 15) is 9.90 Å². The van der Waals surface area contributed by atoms with Crippen LogP contribution in [0, 0.1) is 35.0 Å². The van der Waals surface area contributed by atoms with Crippen molar-refractivity contribution in [2.45, 2.75) is 58.0 Å². The first-order chi connectivity index (χ1) is 11.0. The Hall–Kier alpha value is -0.600. The molecule has 126 valence electrons. The lowest BCUT2D eigenvalue weighted by Crippen LogP contribution is -2.50. The molecule has 2 nitrogen and oxygen atoms in total. The maximum Gasteiger partial charge on any atom is 0.155 e. The lowest BCUT2D eigenvalue weighted by molar-refractivity contribution is -0.116. The number of carbonyl (C=O) groups excluding carboxylic acids is 1. The summed E-state index contributed by atoms with van der Waals surface area (Å²) in [4.78, 5) is 11.9. The number of rotatable bonds is 1. The van der Waals surface area contributed by atoms with E-state index in [0.29, 0.717) is 35.4 Å². The molecule has 0 amide bonds. The first-order valence-corrected chi connectivity index (χ1v) is 9.66. The van der Waals surface area contributed by atoms with Gasteiger partial charge in [0.15, 0.2) is 5.78 Å². The Bertz CT molecular complexity index is 566. The van der Waals surface area contributed by atoms with Crippen LogP contribution >= 0.6 is 11.6 Å².